The number of nitrogens with one attached hydrogen (secondary N) is 2. The Morgan fingerprint density at radius 1 is 1.00 bits per heavy atom. The van der Waals surface area contributed by atoms with E-state index >= 15 is 0 Å². The molecule has 0 spiro atoms. The predicted octanol–water partition coefficient (Wildman–Crippen LogP) is 3.55. The Labute approximate surface area is 169 Å². The number of ether oxygens (including phenoxy) is 1. The third kappa shape index (κ3) is 6.10. The molecule has 29 heavy (non-hydrogen) atoms. The molecule has 3 rings (SSSR count). The van der Waals surface area contributed by atoms with Gasteiger partial charge >= 0.3 is 0 Å². The lowest BCUT2D eigenvalue weighted by Gasteiger charge is -2.11. The molecule has 1 aromatic heterocycles. The van der Waals surface area contributed by atoms with Crippen LogP contribution in [-0.4, -0.2) is 25.0 Å². The summed E-state index contributed by atoms with van der Waals surface area (Å²) < 4.78 is 10.8. The number of furan rings is 1. The SMILES string of the molecule is Cc1ccc(C(=O)N/C(=C\c2ccco2)C(=O)NCCOc2ccccc2)cc1. The van der Waals surface area contributed by atoms with Gasteiger partial charge in [0.05, 0.1) is 12.8 Å². The van der Waals surface area contributed by atoms with Crippen molar-refractivity contribution in [2.75, 3.05) is 13.2 Å². The van der Waals surface area contributed by atoms with Crippen LogP contribution in [0.25, 0.3) is 6.08 Å². The molecule has 2 N–H and O–H groups in total. The molecular formula is C23H22N2O4. The Bertz CT molecular complexity index is 962. The lowest BCUT2D eigenvalue weighted by Crippen LogP contribution is -2.36. The molecular weight excluding hydrogens is 368 g/mol. The van der Waals surface area contributed by atoms with Crippen molar-refractivity contribution in [2.45, 2.75) is 6.92 Å². The lowest BCUT2D eigenvalue weighted by atomic mass is 10.1. The second kappa shape index (κ2) is 9.94. The molecule has 6 nitrogen and oxygen atoms in total. The summed E-state index contributed by atoms with van der Waals surface area (Å²) in [7, 11) is 0. The van der Waals surface area contributed by atoms with Crippen molar-refractivity contribution in [3.8, 4) is 5.75 Å². The maximum absolute atomic E-state index is 12.6. The molecule has 0 saturated carbocycles. The number of amides is 2. The van der Waals surface area contributed by atoms with Gasteiger partial charge in [0.2, 0.25) is 0 Å². The monoisotopic (exact) mass is 390 g/mol. The van der Waals surface area contributed by atoms with E-state index in [0.717, 1.165) is 11.3 Å². The van der Waals surface area contributed by atoms with E-state index in [-0.39, 0.29) is 18.1 Å². The lowest BCUT2D eigenvalue weighted by molar-refractivity contribution is -0.117. The molecule has 0 atom stereocenters. The minimum Gasteiger partial charge on any atom is -0.492 e. The number of carbonyl (C=O) groups excluding carboxylic acids is 2. The van der Waals surface area contributed by atoms with E-state index in [1.807, 2.05) is 49.4 Å². The zero-order valence-electron chi connectivity index (χ0n) is 16.1. The Morgan fingerprint density at radius 2 is 1.76 bits per heavy atom. The van der Waals surface area contributed by atoms with Crippen LogP contribution in [0.4, 0.5) is 0 Å². The van der Waals surface area contributed by atoms with Gasteiger partial charge < -0.3 is 19.8 Å². The zero-order chi connectivity index (χ0) is 20.5. The van der Waals surface area contributed by atoms with Gasteiger partial charge in [0.1, 0.15) is 23.8 Å². The fourth-order valence-corrected chi connectivity index (χ4v) is 2.52. The van der Waals surface area contributed by atoms with E-state index < -0.39 is 5.91 Å². The van der Waals surface area contributed by atoms with Crippen molar-refractivity contribution >= 4 is 17.9 Å². The molecule has 0 fully saturated rings. The smallest absolute Gasteiger partial charge is 0.268 e. The van der Waals surface area contributed by atoms with Crippen LogP contribution in [0.1, 0.15) is 21.7 Å². The number of benzene rings is 2. The summed E-state index contributed by atoms with van der Waals surface area (Å²) in [5.41, 5.74) is 1.59. The molecule has 2 amide bonds. The molecule has 0 radical (unpaired) electrons. The van der Waals surface area contributed by atoms with Crippen LogP contribution in [0.2, 0.25) is 0 Å². The first-order valence-electron chi connectivity index (χ1n) is 9.21. The Hall–Kier alpha value is -3.80. The van der Waals surface area contributed by atoms with E-state index in [0.29, 0.717) is 17.9 Å². The second-order valence-corrected chi connectivity index (χ2v) is 6.31. The van der Waals surface area contributed by atoms with Crippen molar-refractivity contribution in [3.63, 3.8) is 0 Å². The highest BCUT2D eigenvalue weighted by atomic mass is 16.5. The molecule has 3 aromatic rings. The van der Waals surface area contributed by atoms with E-state index in [4.69, 9.17) is 9.15 Å². The first-order chi connectivity index (χ1) is 14.1. The van der Waals surface area contributed by atoms with E-state index in [9.17, 15) is 9.59 Å². The summed E-state index contributed by atoms with van der Waals surface area (Å²) in [5, 5.41) is 5.40. The number of rotatable bonds is 8. The van der Waals surface area contributed by atoms with Crippen LogP contribution in [0.3, 0.4) is 0 Å². The minimum atomic E-state index is -0.432. The van der Waals surface area contributed by atoms with Crippen LogP contribution in [-0.2, 0) is 4.79 Å². The van der Waals surface area contributed by atoms with E-state index in [1.54, 1.807) is 24.3 Å². The summed E-state index contributed by atoms with van der Waals surface area (Å²) in [6, 6.07) is 19.8. The Morgan fingerprint density at radius 3 is 2.45 bits per heavy atom. The summed E-state index contributed by atoms with van der Waals surface area (Å²) in [5.74, 6) is 0.373. The Balaban J connectivity index is 1.62. The average Bonchev–Trinajstić information content (AvgIpc) is 3.25. The number of hydrogen-bond acceptors (Lipinski definition) is 4. The van der Waals surface area contributed by atoms with Gasteiger partial charge in [0.15, 0.2) is 0 Å². The first-order valence-corrected chi connectivity index (χ1v) is 9.21. The van der Waals surface area contributed by atoms with Crippen LogP contribution in [0.5, 0.6) is 5.75 Å². The van der Waals surface area contributed by atoms with Gasteiger partial charge in [-0.15, -0.1) is 0 Å². The molecule has 0 unspecified atom stereocenters. The molecule has 0 saturated heterocycles. The summed E-state index contributed by atoms with van der Waals surface area (Å²) in [6.07, 6.45) is 2.98. The highest BCUT2D eigenvalue weighted by molar-refractivity contribution is 6.05. The molecule has 2 aromatic carbocycles. The van der Waals surface area contributed by atoms with Crippen molar-refractivity contribution in [2.24, 2.45) is 0 Å². The maximum atomic E-state index is 12.6. The van der Waals surface area contributed by atoms with Crippen LogP contribution in [0, 0.1) is 6.92 Å². The summed E-state index contributed by atoms with van der Waals surface area (Å²) >= 11 is 0. The highest BCUT2D eigenvalue weighted by Gasteiger charge is 2.15. The van der Waals surface area contributed by atoms with Crippen molar-refractivity contribution in [3.05, 3.63) is 95.6 Å². The van der Waals surface area contributed by atoms with Gasteiger partial charge in [-0.2, -0.15) is 0 Å². The van der Waals surface area contributed by atoms with E-state index in [1.165, 1.54) is 12.3 Å². The van der Waals surface area contributed by atoms with E-state index in [2.05, 4.69) is 10.6 Å². The van der Waals surface area contributed by atoms with Gasteiger partial charge in [-0.05, 0) is 43.3 Å². The minimum absolute atomic E-state index is 0.0882. The number of hydrogen-bond donors (Lipinski definition) is 2. The number of carbonyl (C=O) groups is 2. The molecule has 148 valence electrons. The largest absolute Gasteiger partial charge is 0.492 e. The molecule has 1 heterocycles. The van der Waals surface area contributed by atoms with Crippen molar-refractivity contribution < 1.29 is 18.7 Å². The topological polar surface area (TPSA) is 80.6 Å². The molecule has 6 heteroatoms. The van der Waals surface area contributed by atoms with Crippen molar-refractivity contribution in [1.82, 2.24) is 10.6 Å². The van der Waals surface area contributed by atoms with Gasteiger partial charge in [0.25, 0.3) is 11.8 Å². The third-order valence-electron chi connectivity index (χ3n) is 4.04. The summed E-state index contributed by atoms with van der Waals surface area (Å²) in [6.45, 7) is 2.52. The second-order valence-electron chi connectivity index (χ2n) is 6.31. The first kappa shape index (κ1) is 19.9. The number of para-hydroxylation sites is 1. The standard InChI is InChI=1S/C23H22N2O4/c1-17-9-11-18(12-10-17)22(26)25-21(16-20-8-5-14-28-20)23(27)24-13-15-29-19-6-3-2-4-7-19/h2-12,14,16H,13,15H2,1H3,(H,24,27)(H,25,26)/b21-16-. The fourth-order valence-electron chi connectivity index (χ4n) is 2.52. The van der Waals surface area contributed by atoms with Crippen molar-refractivity contribution in [1.29, 1.82) is 0 Å². The van der Waals surface area contributed by atoms with Crippen LogP contribution < -0.4 is 15.4 Å². The quantitative estimate of drug-likeness (QED) is 0.455. The molecule has 0 bridgehead atoms. The molecule has 0 aliphatic heterocycles. The normalized spacial score (nSPS) is 11.0. The molecule has 0 aliphatic rings. The summed E-state index contributed by atoms with van der Waals surface area (Å²) in [4.78, 5) is 25.1. The zero-order valence-corrected chi connectivity index (χ0v) is 16.1. The molecule has 0 aliphatic carbocycles. The van der Waals surface area contributed by atoms with Crippen LogP contribution >= 0.6 is 0 Å². The predicted molar refractivity (Wildman–Crippen MR) is 110 cm³/mol. The highest BCUT2D eigenvalue weighted by Crippen LogP contribution is 2.09. The third-order valence-corrected chi connectivity index (χ3v) is 4.04. The van der Waals surface area contributed by atoms with Crippen LogP contribution in [0.15, 0.2) is 83.1 Å². The van der Waals surface area contributed by atoms with Gasteiger partial charge in [-0.3, -0.25) is 9.59 Å². The fraction of sp³-hybridized carbons (Fsp3) is 0.130. The Kier molecular flexibility index (Phi) is 6.84. The maximum Gasteiger partial charge on any atom is 0.268 e. The van der Waals surface area contributed by atoms with Gasteiger partial charge in [0, 0.05) is 11.6 Å². The number of aryl methyl sites for hydroxylation is 1. The van der Waals surface area contributed by atoms with Gasteiger partial charge in [-0.1, -0.05) is 35.9 Å². The average molecular weight is 390 g/mol. The van der Waals surface area contributed by atoms with Gasteiger partial charge in [-0.25, -0.2) is 0 Å².